The van der Waals surface area contributed by atoms with Gasteiger partial charge in [0.05, 0.1) is 0 Å². The third-order valence-electron chi connectivity index (χ3n) is 3.55. The Kier molecular flexibility index (Phi) is 4.91. The lowest BCUT2D eigenvalue weighted by molar-refractivity contribution is -0.119. The highest BCUT2D eigenvalue weighted by Crippen LogP contribution is 2.18. The number of amides is 1. The molecule has 0 bridgehead atoms. The molecule has 22 heavy (non-hydrogen) atoms. The van der Waals surface area contributed by atoms with Gasteiger partial charge in [0.2, 0.25) is 6.41 Å². The van der Waals surface area contributed by atoms with Crippen LogP contribution >= 0.6 is 0 Å². The summed E-state index contributed by atoms with van der Waals surface area (Å²) in [4.78, 5) is 21.9. The molecule has 0 atom stereocenters. The molecule has 1 heterocycles. The van der Waals surface area contributed by atoms with Crippen molar-refractivity contribution in [2.24, 2.45) is 0 Å². The van der Waals surface area contributed by atoms with Crippen molar-refractivity contribution in [1.29, 1.82) is 0 Å². The molecule has 1 aromatic heterocycles. The second kappa shape index (κ2) is 6.69. The molecule has 4 nitrogen and oxygen atoms in total. The molecule has 0 spiro atoms. The van der Waals surface area contributed by atoms with Crippen LogP contribution in [0.4, 0.5) is 0 Å². The van der Waals surface area contributed by atoms with Gasteiger partial charge >= 0.3 is 0 Å². The van der Waals surface area contributed by atoms with Crippen LogP contribution in [0.25, 0.3) is 0 Å². The largest absolute Gasteiger partial charge is 0.336 e. The summed E-state index contributed by atoms with van der Waals surface area (Å²) in [5.41, 5.74) is 3.22. The first-order valence-corrected chi connectivity index (χ1v) is 7.45. The molecule has 0 N–H and O–H groups in total. The molecule has 0 fully saturated rings. The molecular weight excluding hydrogens is 274 g/mol. The number of hydrogen-bond donors (Lipinski definition) is 0. The molecule has 1 amide bonds. The van der Waals surface area contributed by atoms with Crippen LogP contribution in [0, 0.1) is 6.92 Å². The first-order valence-electron chi connectivity index (χ1n) is 7.45. The van der Waals surface area contributed by atoms with Gasteiger partial charge in [0.1, 0.15) is 5.82 Å². The Bertz CT molecular complexity index is 630. The quantitative estimate of drug-likeness (QED) is 0.796. The zero-order valence-electron chi connectivity index (χ0n) is 13.7. The molecule has 0 saturated carbocycles. The van der Waals surface area contributed by atoms with Gasteiger partial charge in [-0.15, -0.1) is 0 Å². The van der Waals surface area contributed by atoms with E-state index in [0.717, 1.165) is 23.4 Å². The first-order chi connectivity index (χ1) is 10.4. The number of aromatic nitrogens is 2. The number of rotatable bonds is 5. The molecule has 0 aliphatic heterocycles. The Morgan fingerprint density at radius 2 is 1.73 bits per heavy atom. The van der Waals surface area contributed by atoms with Gasteiger partial charge in [-0.3, -0.25) is 4.79 Å². The Morgan fingerprint density at radius 3 is 2.27 bits per heavy atom. The molecule has 0 radical (unpaired) electrons. The number of carbonyl (C=O) groups excluding carboxylic acids is 1. The van der Waals surface area contributed by atoms with Crippen LogP contribution < -0.4 is 0 Å². The van der Waals surface area contributed by atoms with Gasteiger partial charge in [-0.2, -0.15) is 0 Å². The summed E-state index contributed by atoms with van der Waals surface area (Å²) in [7, 11) is 0. The second-order valence-electron chi connectivity index (χ2n) is 6.60. The average molecular weight is 297 g/mol. The molecular formula is C18H23N3O. The van der Waals surface area contributed by atoms with Crippen molar-refractivity contribution >= 4 is 6.41 Å². The van der Waals surface area contributed by atoms with E-state index in [1.54, 1.807) is 4.90 Å². The van der Waals surface area contributed by atoms with E-state index in [1.165, 1.54) is 5.56 Å². The van der Waals surface area contributed by atoms with Gasteiger partial charge in [-0.05, 0) is 18.1 Å². The molecule has 0 saturated heterocycles. The monoisotopic (exact) mass is 297 g/mol. The van der Waals surface area contributed by atoms with E-state index in [1.807, 2.05) is 30.6 Å². The standard InChI is InChI=1S/C18H23N3O/c1-14-7-5-6-8-16(14)12-21(13-22)11-15-9-19-17(20-10-15)18(2,3)4/h5-10,13H,11-12H2,1-4H3. The van der Waals surface area contributed by atoms with Gasteiger partial charge < -0.3 is 4.90 Å². The van der Waals surface area contributed by atoms with Crippen LogP contribution in [-0.2, 0) is 23.3 Å². The lowest BCUT2D eigenvalue weighted by atomic mass is 9.96. The van der Waals surface area contributed by atoms with Crippen LogP contribution in [0.15, 0.2) is 36.7 Å². The molecule has 116 valence electrons. The summed E-state index contributed by atoms with van der Waals surface area (Å²) in [5.74, 6) is 0.813. The minimum Gasteiger partial charge on any atom is -0.336 e. The van der Waals surface area contributed by atoms with Crippen molar-refractivity contribution in [3.05, 3.63) is 59.2 Å². The van der Waals surface area contributed by atoms with Crippen molar-refractivity contribution in [1.82, 2.24) is 14.9 Å². The number of nitrogens with zero attached hydrogens (tertiary/aromatic N) is 3. The summed E-state index contributed by atoms with van der Waals surface area (Å²) in [5, 5.41) is 0. The molecule has 0 aliphatic rings. The van der Waals surface area contributed by atoms with E-state index in [9.17, 15) is 4.79 Å². The van der Waals surface area contributed by atoms with Crippen molar-refractivity contribution < 1.29 is 4.79 Å². The highest BCUT2D eigenvalue weighted by atomic mass is 16.1. The smallest absolute Gasteiger partial charge is 0.210 e. The zero-order chi connectivity index (χ0) is 16.2. The number of hydrogen-bond acceptors (Lipinski definition) is 3. The van der Waals surface area contributed by atoms with E-state index in [4.69, 9.17) is 0 Å². The fourth-order valence-corrected chi connectivity index (χ4v) is 2.19. The van der Waals surface area contributed by atoms with Crippen molar-refractivity contribution in [2.75, 3.05) is 0 Å². The van der Waals surface area contributed by atoms with E-state index >= 15 is 0 Å². The SMILES string of the molecule is Cc1ccccc1CN(C=O)Cc1cnc(C(C)(C)C)nc1. The topological polar surface area (TPSA) is 46.1 Å². The number of benzene rings is 1. The molecule has 2 rings (SSSR count). The van der Waals surface area contributed by atoms with E-state index in [2.05, 4.69) is 43.7 Å². The van der Waals surface area contributed by atoms with Gasteiger partial charge in [-0.25, -0.2) is 9.97 Å². The minimum atomic E-state index is -0.0654. The third kappa shape index (κ3) is 4.13. The zero-order valence-corrected chi connectivity index (χ0v) is 13.7. The summed E-state index contributed by atoms with van der Waals surface area (Å²) in [6, 6.07) is 8.10. The molecule has 0 aliphatic carbocycles. The summed E-state index contributed by atoms with van der Waals surface area (Å²) in [6.07, 6.45) is 4.49. The van der Waals surface area contributed by atoms with Gasteiger partial charge in [-0.1, -0.05) is 45.0 Å². The van der Waals surface area contributed by atoms with Crippen molar-refractivity contribution in [2.45, 2.75) is 46.2 Å². The van der Waals surface area contributed by atoms with E-state index in [0.29, 0.717) is 13.1 Å². The average Bonchev–Trinajstić information content (AvgIpc) is 2.48. The second-order valence-corrected chi connectivity index (χ2v) is 6.60. The fraction of sp³-hybridized carbons (Fsp3) is 0.389. The summed E-state index contributed by atoms with van der Waals surface area (Å²) < 4.78 is 0. The predicted octanol–water partition coefficient (Wildman–Crippen LogP) is 3.24. The first kappa shape index (κ1) is 16.1. The molecule has 1 aromatic carbocycles. The van der Waals surface area contributed by atoms with E-state index < -0.39 is 0 Å². The van der Waals surface area contributed by atoms with Crippen LogP contribution in [0.2, 0.25) is 0 Å². The van der Waals surface area contributed by atoms with Crippen LogP contribution in [0.5, 0.6) is 0 Å². The molecule has 2 aromatic rings. The van der Waals surface area contributed by atoms with Crippen molar-refractivity contribution in [3.63, 3.8) is 0 Å². The van der Waals surface area contributed by atoms with Gasteiger partial charge in [0.25, 0.3) is 0 Å². The Hall–Kier alpha value is -2.23. The van der Waals surface area contributed by atoms with Gasteiger partial charge in [0.15, 0.2) is 0 Å². The highest BCUT2D eigenvalue weighted by Gasteiger charge is 2.17. The van der Waals surface area contributed by atoms with Crippen LogP contribution in [0.1, 0.15) is 43.3 Å². The Balaban J connectivity index is 2.07. The maximum absolute atomic E-state index is 11.3. The van der Waals surface area contributed by atoms with E-state index in [-0.39, 0.29) is 5.41 Å². The normalized spacial score (nSPS) is 11.3. The molecule has 4 heteroatoms. The maximum Gasteiger partial charge on any atom is 0.210 e. The Morgan fingerprint density at radius 1 is 1.09 bits per heavy atom. The predicted molar refractivity (Wildman–Crippen MR) is 87.2 cm³/mol. The Labute approximate surface area is 132 Å². The highest BCUT2D eigenvalue weighted by molar-refractivity contribution is 5.48. The lowest BCUT2D eigenvalue weighted by Crippen LogP contribution is -2.22. The summed E-state index contributed by atoms with van der Waals surface area (Å²) in [6.45, 7) is 9.41. The number of aryl methyl sites for hydroxylation is 1. The summed E-state index contributed by atoms with van der Waals surface area (Å²) >= 11 is 0. The molecule has 0 unspecified atom stereocenters. The van der Waals surface area contributed by atoms with Crippen LogP contribution in [0.3, 0.4) is 0 Å². The number of carbonyl (C=O) groups is 1. The van der Waals surface area contributed by atoms with Crippen molar-refractivity contribution in [3.8, 4) is 0 Å². The van der Waals surface area contributed by atoms with Crippen LogP contribution in [-0.4, -0.2) is 21.3 Å². The maximum atomic E-state index is 11.3. The lowest BCUT2D eigenvalue weighted by Gasteiger charge is -2.20. The fourth-order valence-electron chi connectivity index (χ4n) is 2.19. The third-order valence-corrected chi connectivity index (χ3v) is 3.55. The minimum absolute atomic E-state index is 0.0654. The van der Waals surface area contributed by atoms with Gasteiger partial charge in [0, 0.05) is 36.5 Å².